The third-order valence-corrected chi connectivity index (χ3v) is 3.61. The Morgan fingerprint density at radius 3 is 2.89 bits per heavy atom. The van der Waals surface area contributed by atoms with Crippen LogP contribution in [-0.2, 0) is 6.42 Å². The topological polar surface area (TPSA) is 21.3 Å². The lowest BCUT2D eigenvalue weighted by molar-refractivity contribution is 0.413. The number of nitrogens with one attached hydrogen (secondary N) is 1. The predicted molar refractivity (Wildman–Crippen MR) is 81.8 cm³/mol. The molecule has 0 bridgehead atoms. The van der Waals surface area contributed by atoms with E-state index in [1.807, 2.05) is 17.8 Å². The van der Waals surface area contributed by atoms with Gasteiger partial charge in [0.15, 0.2) is 0 Å². The van der Waals surface area contributed by atoms with Crippen LogP contribution >= 0.6 is 11.8 Å². The van der Waals surface area contributed by atoms with Crippen LogP contribution in [0.5, 0.6) is 5.75 Å². The first-order valence-corrected chi connectivity index (χ1v) is 8.04. The smallest absolute Gasteiger partial charge is 0.119 e. The van der Waals surface area contributed by atoms with E-state index in [0.717, 1.165) is 18.7 Å². The van der Waals surface area contributed by atoms with E-state index >= 15 is 0 Å². The summed E-state index contributed by atoms with van der Waals surface area (Å²) in [6, 6.07) is 8.96. The Hall–Kier alpha value is -0.670. The summed E-state index contributed by atoms with van der Waals surface area (Å²) in [6.45, 7) is 3.31. The molecule has 3 heteroatoms. The Balaban J connectivity index is 2.56. The summed E-state index contributed by atoms with van der Waals surface area (Å²) < 4.78 is 5.27. The number of rotatable bonds is 9. The molecule has 2 nitrogen and oxygen atoms in total. The molecule has 1 aromatic carbocycles. The van der Waals surface area contributed by atoms with Gasteiger partial charge in [0.05, 0.1) is 7.11 Å². The number of benzene rings is 1. The average Bonchev–Trinajstić information content (AvgIpc) is 2.42. The molecule has 0 saturated heterocycles. The van der Waals surface area contributed by atoms with Gasteiger partial charge < -0.3 is 10.1 Å². The Morgan fingerprint density at radius 1 is 1.39 bits per heavy atom. The maximum atomic E-state index is 5.27. The van der Waals surface area contributed by atoms with Gasteiger partial charge in [0.1, 0.15) is 5.75 Å². The Kier molecular flexibility index (Phi) is 7.94. The molecule has 0 aromatic heterocycles. The summed E-state index contributed by atoms with van der Waals surface area (Å²) in [6.07, 6.45) is 5.66. The molecule has 1 N–H and O–H groups in total. The van der Waals surface area contributed by atoms with Crippen LogP contribution in [0, 0.1) is 0 Å². The lowest BCUT2D eigenvalue weighted by Crippen LogP contribution is -2.32. The highest BCUT2D eigenvalue weighted by Crippen LogP contribution is 2.15. The third kappa shape index (κ3) is 5.78. The zero-order valence-electron chi connectivity index (χ0n) is 11.7. The maximum Gasteiger partial charge on any atom is 0.119 e. The molecular weight excluding hydrogens is 242 g/mol. The van der Waals surface area contributed by atoms with Gasteiger partial charge in [0.25, 0.3) is 0 Å². The van der Waals surface area contributed by atoms with Crippen LogP contribution in [0.25, 0.3) is 0 Å². The van der Waals surface area contributed by atoms with Gasteiger partial charge in [-0.2, -0.15) is 11.8 Å². The Morgan fingerprint density at radius 2 is 2.22 bits per heavy atom. The van der Waals surface area contributed by atoms with Gasteiger partial charge in [-0.25, -0.2) is 0 Å². The zero-order chi connectivity index (χ0) is 13.2. The fourth-order valence-electron chi connectivity index (χ4n) is 1.97. The Labute approximate surface area is 116 Å². The molecule has 0 aliphatic carbocycles. The summed E-state index contributed by atoms with van der Waals surface area (Å²) in [5, 5.41) is 3.64. The fraction of sp³-hybridized carbons (Fsp3) is 0.600. The number of ether oxygens (including phenoxy) is 1. The van der Waals surface area contributed by atoms with Crippen molar-refractivity contribution in [2.45, 2.75) is 32.2 Å². The van der Waals surface area contributed by atoms with Crippen LogP contribution in [-0.4, -0.2) is 31.7 Å². The molecule has 18 heavy (non-hydrogen) atoms. The lowest BCUT2D eigenvalue weighted by Gasteiger charge is -2.18. The largest absolute Gasteiger partial charge is 0.497 e. The summed E-state index contributed by atoms with van der Waals surface area (Å²) in [5.74, 6) is 2.16. The van der Waals surface area contributed by atoms with Crippen LogP contribution < -0.4 is 10.1 Å². The highest BCUT2D eigenvalue weighted by Gasteiger charge is 2.08. The van der Waals surface area contributed by atoms with Gasteiger partial charge in [-0.1, -0.05) is 19.1 Å². The SMILES string of the molecule is CCCNC(CCSC)Cc1cccc(OC)c1. The molecule has 1 atom stereocenters. The minimum Gasteiger partial charge on any atom is -0.497 e. The van der Waals surface area contributed by atoms with Gasteiger partial charge >= 0.3 is 0 Å². The van der Waals surface area contributed by atoms with Crippen LogP contribution in [0.1, 0.15) is 25.3 Å². The van der Waals surface area contributed by atoms with E-state index in [9.17, 15) is 0 Å². The first-order chi connectivity index (χ1) is 8.80. The lowest BCUT2D eigenvalue weighted by atomic mass is 10.0. The molecule has 0 aliphatic heterocycles. The fourth-order valence-corrected chi connectivity index (χ4v) is 2.49. The summed E-state index contributed by atoms with van der Waals surface area (Å²) in [7, 11) is 1.72. The second-order valence-electron chi connectivity index (χ2n) is 4.49. The van der Waals surface area contributed by atoms with Gasteiger partial charge in [0, 0.05) is 6.04 Å². The average molecular weight is 267 g/mol. The summed E-state index contributed by atoms with van der Waals surface area (Å²) in [5.41, 5.74) is 1.35. The second-order valence-corrected chi connectivity index (χ2v) is 5.47. The molecule has 0 amide bonds. The molecule has 1 unspecified atom stereocenters. The highest BCUT2D eigenvalue weighted by atomic mass is 32.2. The molecule has 0 spiro atoms. The molecule has 0 saturated carbocycles. The molecule has 0 radical (unpaired) electrons. The van der Waals surface area contributed by atoms with E-state index in [-0.39, 0.29) is 0 Å². The first-order valence-electron chi connectivity index (χ1n) is 6.65. The van der Waals surface area contributed by atoms with Crippen molar-refractivity contribution in [1.29, 1.82) is 0 Å². The molecule has 1 rings (SSSR count). The summed E-state index contributed by atoms with van der Waals surface area (Å²) in [4.78, 5) is 0. The predicted octanol–water partition coefficient (Wildman–Crippen LogP) is 3.36. The van der Waals surface area contributed by atoms with E-state index in [0.29, 0.717) is 6.04 Å². The molecule has 102 valence electrons. The van der Waals surface area contributed by atoms with Crippen molar-refractivity contribution in [1.82, 2.24) is 5.32 Å². The number of hydrogen-bond acceptors (Lipinski definition) is 3. The molecule has 0 aliphatic rings. The van der Waals surface area contributed by atoms with E-state index in [4.69, 9.17) is 4.74 Å². The number of hydrogen-bond donors (Lipinski definition) is 1. The van der Waals surface area contributed by atoms with Crippen molar-refractivity contribution in [3.63, 3.8) is 0 Å². The quantitative estimate of drug-likeness (QED) is 0.741. The molecule has 0 heterocycles. The van der Waals surface area contributed by atoms with Gasteiger partial charge in [-0.3, -0.25) is 0 Å². The minimum atomic E-state index is 0.574. The third-order valence-electron chi connectivity index (χ3n) is 2.97. The maximum absolute atomic E-state index is 5.27. The van der Waals surface area contributed by atoms with Crippen molar-refractivity contribution >= 4 is 11.8 Å². The highest BCUT2D eigenvalue weighted by molar-refractivity contribution is 7.98. The van der Waals surface area contributed by atoms with Crippen LogP contribution in [0.3, 0.4) is 0 Å². The van der Waals surface area contributed by atoms with E-state index in [1.165, 1.54) is 24.2 Å². The van der Waals surface area contributed by atoms with Crippen LogP contribution in [0.2, 0.25) is 0 Å². The minimum absolute atomic E-state index is 0.574. The van der Waals surface area contributed by atoms with Gasteiger partial charge in [-0.05, 0) is 55.5 Å². The van der Waals surface area contributed by atoms with Crippen molar-refractivity contribution < 1.29 is 4.74 Å². The van der Waals surface area contributed by atoms with E-state index in [2.05, 4.69) is 36.7 Å². The van der Waals surface area contributed by atoms with Gasteiger partial charge in [-0.15, -0.1) is 0 Å². The van der Waals surface area contributed by atoms with E-state index < -0.39 is 0 Å². The standard InChI is InChI=1S/C15H25NOS/c1-4-9-16-14(8-10-18-3)11-13-6-5-7-15(12-13)17-2/h5-7,12,14,16H,4,8-11H2,1-3H3. The zero-order valence-corrected chi connectivity index (χ0v) is 12.6. The van der Waals surface area contributed by atoms with E-state index in [1.54, 1.807) is 7.11 Å². The van der Waals surface area contributed by atoms with Crippen molar-refractivity contribution in [2.24, 2.45) is 0 Å². The normalized spacial score (nSPS) is 12.4. The van der Waals surface area contributed by atoms with Crippen LogP contribution in [0.4, 0.5) is 0 Å². The van der Waals surface area contributed by atoms with Crippen LogP contribution in [0.15, 0.2) is 24.3 Å². The number of methoxy groups -OCH3 is 1. The van der Waals surface area contributed by atoms with Crippen molar-refractivity contribution in [3.05, 3.63) is 29.8 Å². The number of thioether (sulfide) groups is 1. The molecule has 0 fully saturated rings. The summed E-state index contributed by atoms with van der Waals surface area (Å²) >= 11 is 1.92. The first kappa shape index (κ1) is 15.4. The Bertz CT molecular complexity index is 322. The molecular formula is C15H25NOS. The monoisotopic (exact) mass is 267 g/mol. The van der Waals surface area contributed by atoms with Crippen molar-refractivity contribution in [2.75, 3.05) is 25.7 Å². The molecule has 1 aromatic rings. The van der Waals surface area contributed by atoms with Crippen molar-refractivity contribution in [3.8, 4) is 5.75 Å². The second kappa shape index (κ2) is 9.29. The van der Waals surface area contributed by atoms with Gasteiger partial charge in [0.2, 0.25) is 0 Å².